The molecule has 4 nitrogen and oxygen atoms in total. The van der Waals surface area contributed by atoms with Gasteiger partial charge in [-0.2, -0.15) is 0 Å². The van der Waals surface area contributed by atoms with Crippen molar-refractivity contribution in [2.45, 2.75) is 38.2 Å². The normalized spacial score (nSPS) is 17.7. The lowest BCUT2D eigenvalue weighted by Gasteiger charge is -2.22. The molecule has 1 fully saturated rings. The molecule has 1 aromatic rings. The summed E-state index contributed by atoms with van der Waals surface area (Å²) >= 11 is 3.33. The fourth-order valence-corrected chi connectivity index (χ4v) is 2.09. The molecule has 1 aromatic heterocycles. The summed E-state index contributed by atoms with van der Waals surface area (Å²) in [6.07, 6.45) is 7.72. The van der Waals surface area contributed by atoms with Crippen LogP contribution < -0.4 is 10.5 Å². The van der Waals surface area contributed by atoms with Crippen molar-refractivity contribution in [2.24, 2.45) is 0 Å². The number of halogens is 1. The van der Waals surface area contributed by atoms with Crippen LogP contribution in [0.4, 0.5) is 5.82 Å². The number of anilines is 1. The first kappa shape index (κ1) is 10.7. The summed E-state index contributed by atoms with van der Waals surface area (Å²) in [5, 5.41) is 0. The highest BCUT2D eigenvalue weighted by Gasteiger charge is 2.17. The van der Waals surface area contributed by atoms with Gasteiger partial charge < -0.3 is 10.5 Å². The molecule has 1 aliphatic carbocycles. The van der Waals surface area contributed by atoms with Crippen LogP contribution in [0.15, 0.2) is 10.8 Å². The van der Waals surface area contributed by atoms with E-state index in [4.69, 9.17) is 10.5 Å². The van der Waals surface area contributed by atoms with Crippen LogP contribution in [0.1, 0.15) is 32.1 Å². The molecule has 15 heavy (non-hydrogen) atoms. The van der Waals surface area contributed by atoms with E-state index in [2.05, 4.69) is 25.9 Å². The molecule has 0 atom stereocenters. The largest absolute Gasteiger partial charge is 0.473 e. The van der Waals surface area contributed by atoms with E-state index in [0.29, 0.717) is 16.2 Å². The molecule has 0 bridgehead atoms. The van der Waals surface area contributed by atoms with Crippen LogP contribution in [0.5, 0.6) is 5.88 Å². The van der Waals surface area contributed by atoms with E-state index in [1.165, 1.54) is 25.6 Å². The highest BCUT2D eigenvalue weighted by atomic mass is 79.9. The molecule has 0 radical (unpaired) electrons. The molecule has 0 amide bonds. The Balaban J connectivity index is 2.06. The van der Waals surface area contributed by atoms with Crippen LogP contribution in [-0.4, -0.2) is 16.1 Å². The zero-order valence-corrected chi connectivity index (χ0v) is 10.0. The molecule has 0 saturated heterocycles. The Morgan fingerprint density at radius 2 is 2.00 bits per heavy atom. The number of rotatable bonds is 2. The molecular weight excluding hydrogens is 258 g/mol. The van der Waals surface area contributed by atoms with Crippen LogP contribution in [0.25, 0.3) is 0 Å². The van der Waals surface area contributed by atoms with Crippen LogP contribution >= 0.6 is 15.9 Å². The monoisotopic (exact) mass is 271 g/mol. The maximum Gasteiger partial charge on any atom is 0.233 e. The minimum atomic E-state index is 0.282. The second kappa shape index (κ2) is 4.79. The minimum Gasteiger partial charge on any atom is -0.473 e. The first-order chi connectivity index (χ1) is 7.27. The quantitative estimate of drug-likeness (QED) is 0.898. The Bertz CT molecular complexity index is 339. The number of hydrogen-bond acceptors (Lipinski definition) is 4. The number of nitrogens with two attached hydrogens (primary N) is 1. The Morgan fingerprint density at radius 1 is 1.27 bits per heavy atom. The van der Waals surface area contributed by atoms with Gasteiger partial charge in [-0.1, -0.05) is 6.42 Å². The Kier molecular flexibility index (Phi) is 3.41. The molecule has 2 rings (SSSR count). The lowest BCUT2D eigenvalue weighted by Crippen LogP contribution is -2.20. The summed E-state index contributed by atoms with van der Waals surface area (Å²) in [6, 6.07) is 0. The summed E-state index contributed by atoms with van der Waals surface area (Å²) in [6.45, 7) is 0. The number of nitrogen functional groups attached to an aromatic ring is 1. The average molecular weight is 272 g/mol. The summed E-state index contributed by atoms with van der Waals surface area (Å²) in [4.78, 5) is 7.95. The third-order valence-corrected chi connectivity index (χ3v) is 3.36. The second-order valence-corrected chi connectivity index (χ2v) is 4.55. The minimum absolute atomic E-state index is 0.282. The molecule has 0 aliphatic heterocycles. The van der Waals surface area contributed by atoms with Gasteiger partial charge in [-0.15, -0.1) is 0 Å². The zero-order valence-electron chi connectivity index (χ0n) is 8.45. The maximum absolute atomic E-state index is 5.79. The predicted octanol–water partition coefficient (Wildman–Crippen LogP) is 2.53. The van der Waals surface area contributed by atoms with Gasteiger partial charge in [0.25, 0.3) is 0 Å². The topological polar surface area (TPSA) is 61.0 Å². The molecule has 1 heterocycles. The molecular formula is C10H14BrN3O. The van der Waals surface area contributed by atoms with Crippen molar-refractivity contribution in [1.29, 1.82) is 0 Å². The fraction of sp³-hybridized carbons (Fsp3) is 0.600. The SMILES string of the molecule is Nc1ncnc(OC2CCCCC2)c1Br. The molecule has 0 spiro atoms. The van der Waals surface area contributed by atoms with Crippen molar-refractivity contribution >= 4 is 21.7 Å². The van der Waals surface area contributed by atoms with Crippen LogP contribution in [-0.2, 0) is 0 Å². The Hall–Kier alpha value is -0.840. The van der Waals surface area contributed by atoms with Crippen LogP contribution in [0.2, 0.25) is 0 Å². The van der Waals surface area contributed by atoms with Gasteiger partial charge in [-0.3, -0.25) is 0 Å². The first-order valence-corrected chi connectivity index (χ1v) is 5.99. The van der Waals surface area contributed by atoms with Gasteiger partial charge in [-0.25, -0.2) is 9.97 Å². The van der Waals surface area contributed by atoms with Gasteiger partial charge in [0.2, 0.25) is 5.88 Å². The second-order valence-electron chi connectivity index (χ2n) is 3.76. The molecule has 1 aliphatic rings. The lowest BCUT2D eigenvalue weighted by molar-refractivity contribution is 0.147. The van der Waals surface area contributed by atoms with Gasteiger partial charge in [0.1, 0.15) is 22.7 Å². The molecule has 5 heteroatoms. The maximum atomic E-state index is 5.79. The fourth-order valence-electron chi connectivity index (χ4n) is 1.79. The average Bonchev–Trinajstić information content (AvgIpc) is 2.26. The first-order valence-electron chi connectivity index (χ1n) is 5.20. The smallest absolute Gasteiger partial charge is 0.233 e. The standard InChI is InChI=1S/C10H14BrN3O/c11-8-9(12)13-6-14-10(8)15-7-4-2-1-3-5-7/h6-7H,1-5H2,(H2,12,13,14). The van der Waals surface area contributed by atoms with E-state index in [1.807, 2.05) is 0 Å². The van der Waals surface area contributed by atoms with Crippen molar-refractivity contribution in [1.82, 2.24) is 9.97 Å². The Labute approximate surface area is 97.4 Å². The van der Waals surface area contributed by atoms with E-state index < -0.39 is 0 Å². The summed E-state index contributed by atoms with van der Waals surface area (Å²) in [5.41, 5.74) is 5.65. The number of nitrogens with zero attached hydrogens (tertiary/aromatic N) is 2. The van der Waals surface area contributed by atoms with E-state index in [9.17, 15) is 0 Å². The van der Waals surface area contributed by atoms with Crippen LogP contribution in [0, 0.1) is 0 Å². The van der Waals surface area contributed by atoms with Crippen molar-refractivity contribution < 1.29 is 4.74 Å². The van der Waals surface area contributed by atoms with E-state index >= 15 is 0 Å². The highest BCUT2D eigenvalue weighted by molar-refractivity contribution is 9.10. The van der Waals surface area contributed by atoms with Crippen molar-refractivity contribution in [3.05, 3.63) is 10.8 Å². The highest BCUT2D eigenvalue weighted by Crippen LogP contribution is 2.29. The van der Waals surface area contributed by atoms with Gasteiger partial charge >= 0.3 is 0 Å². The number of ether oxygens (including phenoxy) is 1. The van der Waals surface area contributed by atoms with Gasteiger partial charge in [-0.05, 0) is 41.6 Å². The summed E-state index contributed by atoms with van der Waals surface area (Å²) in [7, 11) is 0. The third kappa shape index (κ3) is 2.59. The summed E-state index contributed by atoms with van der Waals surface area (Å²) in [5.74, 6) is 0.991. The van der Waals surface area contributed by atoms with Crippen molar-refractivity contribution in [2.75, 3.05) is 5.73 Å². The zero-order chi connectivity index (χ0) is 10.7. The predicted molar refractivity (Wildman–Crippen MR) is 61.6 cm³/mol. The molecule has 0 unspecified atom stereocenters. The van der Waals surface area contributed by atoms with E-state index in [0.717, 1.165) is 12.8 Å². The lowest BCUT2D eigenvalue weighted by atomic mass is 9.98. The molecule has 2 N–H and O–H groups in total. The number of hydrogen-bond donors (Lipinski definition) is 1. The third-order valence-electron chi connectivity index (χ3n) is 2.61. The van der Waals surface area contributed by atoms with Crippen molar-refractivity contribution in [3.8, 4) is 5.88 Å². The van der Waals surface area contributed by atoms with Crippen molar-refractivity contribution in [3.63, 3.8) is 0 Å². The number of aromatic nitrogens is 2. The van der Waals surface area contributed by atoms with E-state index in [1.54, 1.807) is 0 Å². The van der Waals surface area contributed by atoms with Gasteiger partial charge in [0.15, 0.2) is 0 Å². The van der Waals surface area contributed by atoms with Gasteiger partial charge in [0.05, 0.1) is 0 Å². The van der Waals surface area contributed by atoms with E-state index in [-0.39, 0.29) is 6.10 Å². The summed E-state index contributed by atoms with van der Waals surface area (Å²) < 4.78 is 6.45. The molecule has 1 saturated carbocycles. The Morgan fingerprint density at radius 3 is 2.73 bits per heavy atom. The van der Waals surface area contributed by atoms with Gasteiger partial charge in [0, 0.05) is 0 Å². The molecule has 82 valence electrons. The van der Waals surface area contributed by atoms with Crippen LogP contribution in [0.3, 0.4) is 0 Å². The molecule has 0 aromatic carbocycles.